The zero-order chi connectivity index (χ0) is 6.69. The summed E-state index contributed by atoms with van der Waals surface area (Å²) in [5, 5.41) is 0. The Balaban J connectivity index is 2.49. The molecule has 0 spiro atoms. The van der Waals surface area contributed by atoms with Crippen molar-refractivity contribution < 1.29 is 9.53 Å². The first-order valence-corrected chi connectivity index (χ1v) is 3.04. The van der Waals surface area contributed by atoms with E-state index in [2.05, 4.69) is 0 Å². The Kier molecular flexibility index (Phi) is 2.01. The van der Waals surface area contributed by atoms with Gasteiger partial charge in [-0.25, -0.2) is 0 Å². The summed E-state index contributed by atoms with van der Waals surface area (Å²) >= 11 is 0. The molecule has 1 atom stereocenters. The quantitative estimate of drug-likeness (QED) is 0.488. The molecule has 0 aromatic carbocycles. The van der Waals surface area contributed by atoms with Crippen LogP contribution in [-0.2, 0) is 9.53 Å². The van der Waals surface area contributed by atoms with Gasteiger partial charge < -0.3 is 4.74 Å². The summed E-state index contributed by atoms with van der Waals surface area (Å²) in [5.41, 5.74) is 0. The van der Waals surface area contributed by atoms with E-state index in [0.717, 1.165) is 0 Å². The van der Waals surface area contributed by atoms with Crippen molar-refractivity contribution in [3.63, 3.8) is 0 Å². The highest BCUT2D eigenvalue weighted by Crippen LogP contribution is 2.08. The van der Waals surface area contributed by atoms with Crippen LogP contribution < -0.4 is 0 Å². The maximum Gasteiger partial charge on any atom is 0.139 e. The second-order valence-electron chi connectivity index (χ2n) is 2.15. The van der Waals surface area contributed by atoms with E-state index >= 15 is 0 Å². The van der Waals surface area contributed by atoms with Gasteiger partial charge in [0.25, 0.3) is 0 Å². The number of allylic oxidation sites excluding steroid dienone is 1. The van der Waals surface area contributed by atoms with E-state index in [1.54, 1.807) is 7.11 Å². The van der Waals surface area contributed by atoms with Gasteiger partial charge in [-0.3, -0.25) is 4.79 Å². The second kappa shape index (κ2) is 2.78. The smallest absolute Gasteiger partial charge is 0.139 e. The normalized spacial score (nSPS) is 26.8. The lowest BCUT2D eigenvalue weighted by Crippen LogP contribution is -2.16. The van der Waals surface area contributed by atoms with E-state index in [0.29, 0.717) is 12.8 Å². The van der Waals surface area contributed by atoms with Crippen molar-refractivity contribution in [1.82, 2.24) is 0 Å². The molecule has 1 rings (SSSR count). The van der Waals surface area contributed by atoms with Crippen molar-refractivity contribution in [2.24, 2.45) is 0 Å². The Labute approximate surface area is 54.5 Å². The molecule has 0 N–H and O–H groups in total. The Morgan fingerprint density at radius 3 is 3.00 bits per heavy atom. The molecule has 0 heterocycles. The number of carbonyl (C=O) groups excluding carboxylic acids is 1. The molecule has 0 saturated heterocycles. The minimum atomic E-state index is 0.0336. The van der Waals surface area contributed by atoms with Crippen molar-refractivity contribution in [2.45, 2.75) is 18.9 Å². The van der Waals surface area contributed by atoms with E-state index in [4.69, 9.17) is 4.74 Å². The van der Waals surface area contributed by atoms with E-state index < -0.39 is 0 Å². The molecule has 50 valence electrons. The third kappa shape index (κ3) is 1.64. The highest BCUT2D eigenvalue weighted by Gasteiger charge is 2.12. The maximum atomic E-state index is 10.7. The lowest BCUT2D eigenvalue weighted by molar-refractivity contribution is -0.120. The average Bonchev–Trinajstić information content (AvgIpc) is 1.88. The summed E-state index contributed by atoms with van der Waals surface area (Å²) < 4.78 is 4.95. The van der Waals surface area contributed by atoms with Crippen LogP contribution in [-0.4, -0.2) is 19.0 Å². The Morgan fingerprint density at radius 1 is 1.78 bits per heavy atom. The van der Waals surface area contributed by atoms with Gasteiger partial charge in [0.05, 0.1) is 6.10 Å². The molecule has 0 aliphatic heterocycles. The van der Waals surface area contributed by atoms with Gasteiger partial charge in [-0.05, 0) is 0 Å². The number of hydrogen-bond donors (Lipinski definition) is 0. The fraction of sp³-hybridized carbons (Fsp3) is 0.571. The Morgan fingerprint density at radius 2 is 2.56 bits per heavy atom. The van der Waals surface area contributed by atoms with E-state index in [1.807, 2.05) is 12.2 Å². The molecule has 2 heteroatoms. The zero-order valence-electron chi connectivity index (χ0n) is 5.46. The molecule has 2 nitrogen and oxygen atoms in total. The number of ketones is 1. The van der Waals surface area contributed by atoms with Crippen LogP contribution in [0.25, 0.3) is 0 Å². The average molecular weight is 126 g/mol. The topological polar surface area (TPSA) is 26.3 Å². The molecule has 0 saturated carbocycles. The lowest BCUT2D eigenvalue weighted by Gasteiger charge is -2.12. The Bertz CT molecular complexity index is 138. The van der Waals surface area contributed by atoms with Gasteiger partial charge in [0, 0.05) is 20.0 Å². The summed E-state index contributed by atoms with van der Waals surface area (Å²) in [6.45, 7) is 0. The fourth-order valence-electron chi connectivity index (χ4n) is 0.889. The van der Waals surface area contributed by atoms with Crippen LogP contribution in [0.1, 0.15) is 12.8 Å². The molecule has 1 aliphatic rings. The fourth-order valence-corrected chi connectivity index (χ4v) is 0.889. The highest BCUT2D eigenvalue weighted by molar-refractivity contribution is 5.81. The highest BCUT2D eigenvalue weighted by atomic mass is 16.5. The van der Waals surface area contributed by atoms with Crippen LogP contribution in [0.5, 0.6) is 0 Å². The van der Waals surface area contributed by atoms with Crippen molar-refractivity contribution in [2.75, 3.05) is 7.11 Å². The van der Waals surface area contributed by atoms with Crippen LogP contribution in [0.15, 0.2) is 12.2 Å². The van der Waals surface area contributed by atoms with Crippen LogP contribution in [0, 0.1) is 0 Å². The van der Waals surface area contributed by atoms with Gasteiger partial charge >= 0.3 is 0 Å². The van der Waals surface area contributed by atoms with Crippen LogP contribution >= 0.6 is 0 Å². The minimum absolute atomic E-state index is 0.0336. The van der Waals surface area contributed by atoms with E-state index in [9.17, 15) is 4.79 Å². The first-order valence-electron chi connectivity index (χ1n) is 3.04. The van der Waals surface area contributed by atoms with Crippen LogP contribution in [0.3, 0.4) is 0 Å². The molecule has 0 fully saturated rings. The molecule has 1 unspecified atom stereocenters. The summed E-state index contributed by atoms with van der Waals surface area (Å²) in [7, 11) is 1.62. The third-order valence-corrected chi connectivity index (χ3v) is 1.43. The van der Waals surface area contributed by atoms with Gasteiger partial charge in [0.1, 0.15) is 5.78 Å². The molecule has 0 amide bonds. The molecular formula is C7H10O2. The summed E-state index contributed by atoms with van der Waals surface area (Å²) in [6.07, 6.45) is 4.96. The molecular weight excluding hydrogens is 116 g/mol. The summed E-state index contributed by atoms with van der Waals surface area (Å²) in [5.74, 6) is 0.268. The number of rotatable bonds is 1. The van der Waals surface area contributed by atoms with Gasteiger partial charge in [-0.1, -0.05) is 12.2 Å². The molecule has 9 heavy (non-hydrogen) atoms. The summed E-state index contributed by atoms with van der Waals surface area (Å²) in [6, 6.07) is 0. The summed E-state index contributed by atoms with van der Waals surface area (Å²) in [4.78, 5) is 10.7. The maximum absolute atomic E-state index is 10.7. The first kappa shape index (κ1) is 6.49. The number of Topliss-reactive ketones (excluding diaryl/α,β-unsaturated/α-hetero) is 1. The monoisotopic (exact) mass is 126 g/mol. The van der Waals surface area contributed by atoms with E-state index in [1.165, 1.54) is 0 Å². The molecule has 0 aromatic heterocycles. The standard InChI is InChI=1S/C7H10O2/c1-9-7-4-2-3-6(8)5-7/h2,4,7H,3,5H2,1H3. The van der Waals surface area contributed by atoms with Gasteiger partial charge in [-0.2, -0.15) is 0 Å². The van der Waals surface area contributed by atoms with Crippen molar-refractivity contribution in [3.05, 3.63) is 12.2 Å². The lowest BCUT2D eigenvalue weighted by atomic mass is 10.0. The molecule has 1 aliphatic carbocycles. The molecule has 0 radical (unpaired) electrons. The van der Waals surface area contributed by atoms with Gasteiger partial charge in [0.2, 0.25) is 0 Å². The number of hydrogen-bond acceptors (Lipinski definition) is 2. The second-order valence-corrected chi connectivity index (χ2v) is 2.15. The zero-order valence-corrected chi connectivity index (χ0v) is 5.46. The van der Waals surface area contributed by atoms with E-state index in [-0.39, 0.29) is 11.9 Å². The van der Waals surface area contributed by atoms with Crippen LogP contribution in [0.4, 0.5) is 0 Å². The largest absolute Gasteiger partial charge is 0.377 e. The van der Waals surface area contributed by atoms with Crippen molar-refractivity contribution in [1.29, 1.82) is 0 Å². The predicted molar refractivity (Wildman–Crippen MR) is 34.2 cm³/mol. The number of methoxy groups -OCH3 is 1. The minimum Gasteiger partial charge on any atom is -0.377 e. The Hall–Kier alpha value is -0.630. The third-order valence-electron chi connectivity index (χ3n) is 1.43. The predicted octanol–water partition coefficient (Wildman–Crippen LogP) is 0.921. The molecule has 0 bridgehead atoms. The van der Waals surface area contributed by atoms with Gasteiger partial charge in [0.15, 0.2) is 0 Å². The number of ether oxygens (including phenoxy) is 1. The van der Waals surface area contributed by atoms with Crippen molar-refractivity contribution in [3.8, 4) is 0 Å². The van der Waals surface area contributed by atoms with Gasteiger partial charge in [-0.15, -0.1) is 0 Å². The number of carbonyl (C=O) groups is 1. The first-order chi connectivity index (χ1) is 4.33. The molecule has 0 aromatic rings. The SMILES string of the molecule is COC1C=CCC(=O)C1. The van der Waals surface area contributed by atoms with Crippen LogP contribution in [0.2, 0.25) is 0 Å². The van der Waals surface area contributed by atoms with Crippen molar-refractivity contribution >= 4 is 5.78 Å².